The number of hydrogen-bond acceptors (Lipinski definition) is 7. The monoisotopic (exact) mass is 471 g/mol. The number of aromatic nitrogens is 4. The molecule has 0 aliphatic carbocycles. The number of benzene rings is 1. The number of carbonyl (C=O) groups excluding carboxylic acids is 1. The van der Waals surface area contributed by atoms with Crippen LogP contribution in [0.15, 0.2) is 67.3 Å². The summed E-state index contributed by atoms with van der Waals surface area (Å²) in [5, 5.41) is 9.88. The van der Waals surface area contributed by atoms with Crippen molar-refractivity contribution >= 4 is 22.6 Å². The summed E-state index contributed by atoms with van der Waals surface area (Å²) in [4.78, 5) is 30.0. The van der Waals surface area contributed by atoms with E-state index in [0.717, 1.165) is 47.7 Å². The molecule has 1 fully saturated rings. The second-order valence-corrected chi connectivity index (χ2v) is 9.13. The maximum Gasteiger partial charge on any atom is 0.274 e. The highest BCUT2D eigenvalue weighted by molar-refractivity contribution is 5.93. The Hall–Kier alpha value is -3.82. The van der Waals surface area contributed by atoms with Gasteiger partial charge in [-0.05, 0) is 49.7 Å². The van der Waals surface area contributed by atoms with E-state index < -0.39 is 5.91 Å². The predicted octanol–water partition coefficient (Wildman–Crippen LogP) is 3.09. The van der Waals surface area contributed by atoms with Crippen LogP contribution in [-0.2, 0) is 13.1 Å². The van der Waals surface area contributed by atoms with Gasteiger partial charge < -0.3 is 9.47 Å². The lowest BCUT2D eigenvalue weighted by molar-refractivity contribution is 0.0706. The number of piperazine rings is 1. The summed E-state index contributed by atoms with van der Waals surface area (Å²) in [6, 6.07) is 14.0. The van der Waals surface area contributed by atoms with E-state index in [1.165, 1.54) is 0 Å². The lowest BCUT2D eigenvalue weighted by Gasteiger charge is -2.45. The van der Waals surface area contributed by atoms with Crippen LogP contribution in [0.25, 0.3) is 11.0 Å². The Morgan fingerprint density at radius 2 is 1.74 bits per heavy atom. The van der Waals surface area contributed by atoms with Crippen LogP contribution in [0.5, 0.6) is 0 Å². The first-order chi connectivity index (χ1) is 17.0. The summed E-state index contributed by atoms with van der Waals surface area (Å²) in [6.07, 6.45) is 7.60. The molecule has 0 bridgehead atoms. The van der Waals surface area contributed by atoms with Crippen LogP contribution in [0, 0.1) is 0 Å². The van der Waals surface area contributed by atoms with Crippen molar-refractivity contribution in [1.82, 2.24) is 29.9 Å². The molecule has 2 atom stereocenters. The van der Waals surface area contributed by atoms with Crippen LogP contribution in [0.3, 0.4) is 0 Å². The van der Waals surface area contributed by atoms with Crippen LogP contribution < -0.4 is 10.4 Å². The minimum atomic E-state index is -0.518. The van der Waals surface area contributed by atoms with Gasteiger partial charge in [-0.2, -0.15) is 0 Å². The number of rotatable bonds is 6. The Labute approximate surface area is 204 Å². The average Bonchev–Trinajstić information content (AvgIpc) is 3.28. The Balaban J connectivity index is 1.29. The van der Waals surface area contributed by atoms with E-state index in [2.05, 4.69) is 50.3 Å². The molecule has 1 amide bonds. The van der Waals surface area contributed by atoms with E-state index in [1.807, 2.05) is 30.6 Å². The molecule has 1 aliphatic heterocycles. The second kappa shape index (κ2) is 9.81. The number of nitrogens with one attached hydrogen (secondary N) is 1. The Morgan fingerprint density at radius 1 is 1.03 bits per heavy atom. The maximum atomic E-state index is 11.5. The maximum absolute atomic E-state index is 11.5. The Bertz CT molecular complexity index is 1290. The van der Waals surface area contributed by atoms with Gasteiger partial charge in [0.15, 0.2) is 0 Å². The molecule has 0 unspecified atom stereocenters. The molecule has 5 rings (SSSR count). The van der Waals surface area contributed by atoms with Gasteiger partial charge in [0.2, 0.25) is 0 Å². The largest absolute Gasteiger partial charge is 0.367 e. The predicted molar refractivity (Wildman–Crippen MR) is 133 cm³/mol. The quantitative estimate of drug-likeness (QED) is 0.329. The van der Waals surface area contributed by atoms with E-state index in [1.54, 1.807) is 30.0 Å². The first-order valence-corrected chi connectivity index (χ1v) is 11.8. The molecular weight excluding hydrogens is 442 g/mol. The minimum absolute atomic E-state index is 0.360. The van der Waals surface area contributed by atoms with E-state index in [-0.39, 0.29) is 0 Å². The molecule has 3 aromatic heterocycles. The van der Waals surface area contributed by atoms with Gasteiger partial charge in [-0.1, -0.05) is 12.1 Å². The van der Waals surface area contributed by atoms with Gasteiger partial charge >= 0.3 is 0 Å². The number of fused-ring (bicyclic) bond motifs is 1. The zero-order valence-corrected chi connectivity index (χ0v) is 19.9. The molecule has 2 N–H and O–H groups in total. The third-order valence-electron chi connectivity index (χ3n) is 6.67. The van der Waals surface area contributed by atoms with Crippen LogP contribution in [0.2, 0.25) is 0 Å². The molecule has 9 heteroatoms. The standard InChI is InChI=1S/C26H29N7O2/c1-18-14-32(15-19(2)33(18)17-24-27-9-3-10-28-24)23-12-22-8-11-31(25(22)29-13-23)16-20-4-6-21(7-5-20)26(34)30-35/h3-13,18-19,35H,14-17H2,1-2H3,(H,30,34)/t18-,19+. The van der Waals surface area contributed by atoms with Crippen molar-refractivity contribution in [3.8, 4) is 0 Å². The molecule has 1 saturated heterocycles. The van der Waals surface area contributed by atoms with Gasteiger partial charge in [0, 0.05) is 61.3 Å². The summed E-state index contributed by atoms with van der Waals surface area (Å²) in [7, 11) is 0. The number of amides is 1. The number of pyridine rings is 1. The van der Waals surface area contributed by atoms with Crippen molar-refractivity contribution in [3.63, 3.8) is 0 Å². The summed E-state index contributed by atoms with van der Waals surface area (Å²) < 4.78 is 2.10. The van der Waals surface area contributed by atoms with Crippen LogP contribution in [0.1, 0.15) is 35.6 Å². The normalized spacial score (nSPS) is 18.7. The van der Waals surface area contributed by atoms with Gasteiger partial charge in [-0.25, -0.2) is 20.4 Å². The summed E-state index contributed by atoms with van der Waals surface area (Å²) in [5.41, 5.74) is 5.17. The van der Waals surface area contributed by atoms with E-state index in [0.29, 0.717) is 24.2 Å². The summed E-state index contributed by atoms with van der Waals surface area (Å²) in [6.45, 7) is 7.73. The van der Waals surface area contributed by atoms with Crippen molar-refractivity contribution < 1.29 is 10.0 Å². The summed E-state index contributed by atoms with van der Waals surface area (Å²) in [5.74, 6) is 0.338. The highest BCUT2D eigenvalue weighted by Crippen LogP contribution is 2.26. The average molecular weight is 472 g/mol. The number of anilines is 1. The zero-order valence-electron chi connectivity index (χ0n) is 19.9. The van der Waals surface area contributed by atoms with Crippen molar-refractivity contribution in [2.75, 3.05) is 18.0 Å². The SMILES string of the molecule is C[C@@H]1CN(c2cnc3c(ccn3Cc3ccc(C(=O)NO)cc3)c2)C[C@H](C)N1Cc1ncccn1. The molecule has 1 aromatic carbocycles. The van der Waals surface area contributed by atoms with Crippen molar-refractivity contribution in [3.05, 3.63) is 84.2 Å². The molecule has 4 aromatic rings. The fourth-order valence-electron chi connectivity index (χ4n) is 4.84. The molecule has 4 heterocycles. The molecule has 180 valence electrons. The molecule has 35 heavy (non-hydrogen) atoms. The molecular formula is C26H29N7O2. The van der Waals surface area contributed by atoms with Crippen molar-refractivity contribution in [1.29, 1.82) is 0 Å². The topological polar surface area (TPSA) is 99.4 Å². The zero-order chi connectivity index (χ0) is 24.4. The van der Waals surface area contributed by atoms with Gasteiger partial charge in [-0.3, -0.25) is 14.9 Å². The first-order valence-electron chi connectivity index (χ1n) is 11.8. The van der Waals surface area contributed by atoms with Crippen molar-refractivity contribution in [2.24, 2.45) is 0 Å². The number of carbonyl (C=O) groups is 1. The van der Waals surface area contributed by atoms with E-state index in [4.69, 9.17) is 10.2 Å². The Kier molecular flexibility index (Phi) is 6.43. The van der Waals surface area contributed by atoms with E-state index in [9.17, 15) is 4.79 Å². The number of nitrogens with zero attached hydrogens (tertiary/aromatic N) is 6. The van der Waals surface area contributed by atoms with Crippen molar-refractivity contribution in [2.45, 2.75) is 39.0 Å². The van der Waals surface area contributed by atoms with Gasteiger partial charge in [-0.15, -0.1) is 0 Å². The fraction of sp³-hybridized carbons (Fsp3) is 0.308. The summed E-state index contributed by atoms with van der Waals surface area (Å²) >= 11 is 0. The lowest BCUT2D eigenvalue weighted by Crippen LogP contribution is -2.56. The molecule has 0 radical (unpaired) electrons. The van der Waals surface area contributed by atoms with Crippen LogP contribution >= 0.6 is 0 Å². The third kappa shape index (κ3) is 4.87. The highest BCUT2D eigenvalue weighted by Gasteiger charge is 2.30. The van der Waals surface area contributed by atoms with E-state index >= 15 is 0 Å². The highest BCUT2D eigenvalue weighted by atomic mass is 16.5. The fourth-order valence-corrected chi connectivity index (χ4v) is 4.84. The van der Waals surface area contributed by atoms with Crippen LogP contribution in [-0.4, -0.2) is 60.7 Å². The number of hydroxylamine groups is 1. The first kappa shape index (κ1) is 22.9. The molecule has 0 spiro atoms. The Morgan fingerprint density at radius 3 is 2.43 bits per heavy atom. The van der Waals surface area contributed by atoms with Gasteiger partial charge in [0.25, 0.3) is 5.91 Å². The molecule has 9 nitrogen and oxygen atoms in total. The minimum Gasteiger partial charge on any atom is -0.367 e. The second-order valence-electron chi connectivity index (χ2n) is 9.13. The number of hydrogen-bond donors (Lipinski definition) is 2. The molecule has 0 saturated carbocycles. The third-order valence-corrected chi connectivity index (χ3v) is 6.67. The lowest BCUT2D eigenvalue weighted by atomic mass is 10.1. The van der Waals surface area contributed by atoms with Gasteiger partial charge in [0.1, 0.15) is 11.5 Å². The molecule has 1 aliphatic rings. The van der Waals surface area contributed by atoms with Gasteiger partial charge in [0.05, 0.1) is 18.4 Å². The smallest absolute Gasteiger partial charge is 0.274 e. The van der Waals surface area contributed by atoms with Crippen LogP contribution in [0.4, 0.5) is 5.69 Å².